The average Bonchev–Trinajstić information content (AvgIpc) is 3.76. The third-order valence-corrected chi connectivity index (χ3v) is 8.53. The number of nitrogens with zero attached hydrogens (tertiary/aromatic N) is 7. The maximum atomic E-state index is 15.7. The summed E-state index contributed by atoms with van der Waals surface area (Å²) >= 11 is 0. The summed E-state index contributed by atoms with van der Waals surface area (Å²) in [7, 11) is -8.00. The molecule has 5 unspecified atom stereocenters. The lowest BCUT2D eigenvalue weighted by atomic mass is 10.1. The van der Waals surface area contributed by atoms with Gasteiger partial charge in [-0.2, -0.15) is 9.88 Å². The number of alkyl halides is 1. The summed E-state index contributed by atoms with van der Waals surface area (Å²) in [5.41, 5.74) is 10.7. The number of aromatic amines is 1. The van der Waals surface area contributed by atoms with Crippen LogP contribution in [0.1, 0.15) is 12.5 Å². The van der Waals surface area contributed by atoms with Gasteiger partial charge in [0.05, 0.1) is 25.9 Å². The number of phosphoric acid groups is 1. The van der Waals surface area contributed by atoms with Gasteiger partial charge in [0.1, 0.15) is 42.4 Å². The van der Waals surface area contributed by atoms with Gasteiger partial charge in [-0.05, 0) is 4.57 Å². The fraction of sp³-hybridized carbons (Fsp3) is 0.524. The van der Waals surface area contributed by atoms with Gasteiger partial charge in [-0.15, -0.1) is 0 Å². The topological polar surface area (TPSA) is 320 Å². The second kappa shape index (κ2) is 12.5. The molecular weight excluding hydrogens is 665 g/mol. The van der Waals surface area contributed by atoms with Crippen molar-refractivity contribution in [2.24, 2.45) is 0 Å². The molecule has 46 heavy (non-hydrogen) atoms. The number of nitrogens with one attached hydrogen (secondary N) is 1. The molecule has 0 amide bonds. The fourth-order valence-electron chi connectivity index (χ4n) is 5.17. The number of halogens is 1. The zero-order chi connectivity index (χ0) is 32.9. The van der Waals surface area contributed by atoms with Crippen molar-refractivity contribution in [3.8, 4) is 0 Å². The Hall–Kier alpha value is -3.60. The van der Waals surface area contributed by atoms with Gasteiger partial charge in [-0.25, -0.2) is 28.9 Å². The zero-order valence-corrected chi connectivity index (χ0v) is 24.9. The molecule has 0 saturated carbocycles. The number of aromatic nitrogens is 8. The third kappa shape index (κ3) is 5.98. The van der Waals surface area contributed by atoms with Crippen LogP contribution in [0.4, 0.5) is 16.2 Å². The van der Waals surface area contributed by atoms with Crippen molar-refractivity contribution in [2.75, 3.05) is 31.0 Å². The summed E-state index contributed by atoms with van der Waals surface area (Å²) in [6, 6.07) is 0. The van der Waals surface area contributed by atoms with E-state index in [2.05, 4.69) is 29.9 Å². The molecule has 2 saturated heterocycles. The van der Waals surface area contributed by atoms with Crippen molar-refractivity contribution < 1.29 is 56.8 Å². The first-order valence-corrected chi connectivity index (χ1v) is 16.1. The Morgan fingerprint density at radius 2 is 1.76 bits per heavy atom. The van der Waals surface area contributed by atoms with Gasteiger partial charge < -0.3 is 40.8 Å². The molecule has 2 fully saturated rings. The van der Waals surface area contributed by atoms with Crippen LogP contribution in [0, 0.1) is 0 Å². The fourth-order valence-corrected chi connectivity index (χ4v) is 6.42. The van der Waals surface area contributed by atoms with E-state index in [0.29, 0.717) is 0 Å². The molecule has 9 N–H and O–H groups in total. The second-order valence-corrected chi connectivity index (χ2v) is 12.4. The Morgan fingerprint density at radius 3 is 2.48 bits per heavy atom. The van der Waals surface area contributed by atoms with E-state index in [4.69, 9.17) is 34.7 Å². The van der Waals surface area contributed by atoms with Gasteiger partial charge in [-0.3, -0.25) is 28.0 Å². The minimum Gasteiger partial charge on any atom is -0.394 e. The highest BCUT2D eigenvalue weighted by atomic mass is 31.2. The van der Waals surface area contributed by atoms with Crippen LogP contribution >= 0.6 is 15.9 Å². The van der Waals surface area contributed by atoms with E-state index < -0.39 is 90.1 Å². The minimum atomic E-state index is -5.19. The van der Waals surface area contributed by atoms with Gasteiger partial charge in [0.2, 0.25) is 5.95 Å². The Bertz CT molecular complexity index is 1880. The second-order valence-electron chi connectivity index (χ2n) is 10.1. The van der Waals surface area contributed by atoms with Gasteiger partial charge in [-0.1, -0.05) is 0 Å². The normalized spacial score (nSPS) is 29.9. The van der Waals surface area contributed by atoms with Crippen LogP contribution in [-0.4, -0.2) is 115 Å². The molecule has 25 heteroatoms. The van der Waals surface area contributed by atoms with Crippen molar-refractivity contribution in [1.82, 2.24) is 39.0 Å². The molecule has 10 atom stereocenters. The third-order valence-electron chi connectivity index (χ3n) is 7.18. The monoisotopic (exact) mass is 691 g/mol. The number of imidazole rings is 2. The Morgan fingerprint density at radius 1 is 1.07 bits per heavy atom. The van der Waals surface area contributed by atoms with Gasteiger partial charge in [0, 0.05) is 0 Å². The number of H-pyrrole nitrogens is 1. The smallest absolute Gasteiger partial charge is 0.394 e. The van der Waals surface area contributed by atoms with E-state index >= 15 is 4.39 Å². The van der Waals surface area contributed by atoms with Crippen LogP contribution in [0.25, 0.3) is 22.3 Å². The van der Waals surface area contributed by atoms with E-state index in [-0.39, 0.29) is 34.1 Å². The molecule has 0 aromatic carbocycles. The van der Waals surface area contributed by atoms with Crippen LogP contribution in [0.5, 0.6) is 0 Å². The first kappa shape index (κ1) is 32.3. The molecule has 4 aromatic heterocycles. The van der Waals surface area contributed by atoms with Crippen LogP contribution in [-0.2, 0) is 32.4 Å². The molecule has 0 aliphatic carbocycles. The largest absolute Gasteiger partial charge is 0.534 e. The summed E-state index contributed by atoms with van der Waals surface area (Å²) in [5.74, 6) is -0.249. The minimum absolute atomic E-state index is 0.0420. The maximum Gasteiger partial charge on any atom is 0.534 e. The molecule has 0 radical (unpaired) electrons. The molecule has 2 aliphatic rings. The Labute approximate surface area is 255 Å². The van der Waals surface area contributed by atoms with Gasteiger partial charge in [0.25, 0.3) is 11.9 Å². The average molecular weight is 691 g/mol. The molecule has 22 nitrogen and oxygen atoms in total. The van der Waals surface area contributed by atoms with E-state index in [0.717, 1.165) is 17.2 Å². The number of ether oxygens (including phenoxy) is 3. The van der Waals surface area contributed by atoms with E-state index in [1.807, 2.05) is 0 Å². The highest BCUT2D eigenvalue weighted by molar-refractivity contribution is 7.47. The lowest BCUT2D eigenvalue weighted by molar-refractivity contribution is -0.0621. The van der Waals surface area contributed by atoms with E-state index in [1.165, 1.54) is 10.9 Å². The molecule has 6 heterocycles. The highest BCUT2D eigenvalue weighted by Gasteiger charge is 2.52. The van der Waals surface area contributed by atoms with E-state index in [1.54, 1.807) is 0 Å². The lowest BCUT2D eigenvalue weighted by Gasteiger charge is -2.23. The Balaban J connectivity index is 1.18. The van der Waals surface area contributed by atoms with Crippen LogP contribution < -0.4 is 17.0 Å². The SMILES string of the molecule is Nc1nc2c(ncn2[C@@H]2O[C@H](CO)[C@H](OP(=O)(O)OC[C@H]3O[C@@H](n4cnc5c(N)ncnc54)C(O)C3OC[P+](=O)O)C2F)c(=O)[nH]1. The summed E-state index contributed by atoms with van der Waals surface area (Å²) < 4.78 is 69.2. The molecule has 0 spiro atoms. The number of hydrogen-bond acceptors (Lipinski definition) is 17. The summed E-state index contributed by atoms with van der Waals surface area (Å²) in [6.45, 7) is -1.67. The van der Waals surface area contributed by atoms with Crippen molar-refractivity contribution in [3.63, 3.8) is 0 Å². The quantitative estimate of drug-likeness (QED) is 0.0852. The highest BCUT2D eigenvalue weighted by Crippen LogP contribution is 2.50. The summed E-state index contributed by atoms with van der Waals surface area (Å²) in [5, 5.41) is 20.8. The number of aliphatic hydroxyl groups is 2. The molecule has 4 aromatic rings. The summed E-state index contributed by atoms with van der Waals surface area (Å²) in [4.78, 5) is 54.0. The number of anilines is 2. The predicted molar refractivity (Wildman–Crippen MR) is 148 cm³/mol. The van der Waals surface area contributed by atoms with Crippen LogP contribution in [0.15, 0.2) is 23.8 Å². The van der Waals surface area contributed by atoms with Gasteiger partial charge >= 0.3 is 15.9 Å². The molecule has 2 aliphatic heterocycles. The lowest BCUT2D eigenvalue weighted by Crippen LogP contribution is -2.37. The maximum absolute atomic E-state index is 15.7. The number of phosphoric ester groups is 1. The van der Waals surface area contributed by atoms with Crippen molar-refractivity contribution >= 4 is 49.9 Å². The van der Waals surface area contributed by atoms with E-state index in [9.17, 15) is 33.9 Å². The Kier molecular flexibility index (Phi) is 8.82. The number of hydrogen-bond donors (Lipinski definition) is 7. The van der Waals surface area contributed by atoms with Crippen molar-refractivity contribution in [3.05, 3.63) is 29.3 Å². The molecule has 6 rings (SSSR count). The predicted octanol–water partition coefficient (Wildman–Crippen LogP) is -1.81. The standard InChI is InChI=1S/C21H25FN10O12P2/c22-9-13(7(1-33)42-19(9)32-5-28-11-17(32)29-21(24)30-18(11)35)44-46(38,39)41-2-8-14(40-6-45(36)37)12(34)20(43-8)31-4-27-10-15(23)25-3-26-16(10)31/h3-5,7-9,12-14,19-20,33-34H,1-2,6H2,(H6-,23,24,25,26,29,30,35,36,37,38,39)/p+1/t7-,8-,9?,12?,13+,14?,19-,20-/m1/s1. The number of rotatable bonds is 11. The van der Waals surface area contributed by atoms with Crippen LogP contribution in [0.3, 0.4) is 0 Å². The molecule has 248 valence electrons. The number of aliphatic hydroxyl groups excluding tert-OH is 2. The molecule has 0 bridgehead atoms. The van der Waals surface area contributed by atoms with Crippen molar-refractivity contribution in [2.45, 2.75) is 49.1 Å². The summed E-state index contributed by atoms with van der Waals surface area (Å²) in [6.07, 6.45) is -10.1. The number of nitrogens with two attached hydrogens (primary N) is 2. The first-order chi connectivity index (χ1) is 21.9. The molecular formula is C21H26FN10O12P2+. The van der Waals surface area contributed by atoms with Crippen molar-refractivity contribution in [1.29, 1.82) is 0 Å². The van der Waals surface area contributed by atoms with Crippen LogP contribution in [0.2, 0.25) is 0 Å². The first-order valence-electron chi connectivity index (χ1n) is 13.2. The number of fused-ring (bicyclic) bond motifs is 2. The number of nitrogen functional groups attached to an aromatic ring is 2. The van der Waals surface area contributed by atoms with Gasteiger partial charge in [0.15, 0.2) is 41.3 Å². The zero-order valence-electron chi connectivity index (χ0n) is 23.1.